The van der Waals surface area contributed by atoms with Gasteiger partial charge in [-0.2, -0.15) is 4.98 Å². The first kappa shape index (κ1) is 18.6. The van der Waals surface area contributed by atoms with Gasteiger partial charge >= 0.3 is 6.30 Å². The Hall–Kier alpha value is -2.17. The van der Waals surface area contributed by atoms with Gasteiger partial charge in [0.15, 0.2) is 5.82 Å². The molecule has 0 saturated carbocycles. The molecular formula is C15H9BrClF4N5. The maximum absolute atomic E-state index is 13.9. The van der Waals surface area contributed by atoms with E-state index in [4.69, 9.17) is 17.4 Å². The molecule has 0 saturated heterocycles. The third kappa shape index (κ3) is 3.53. The Kier molecular flexibility index (Phi) is 4.91. The van der Waals surface area contributed by atoms with Crippen molar-refractivity contribution in [2.75, 3.05) is 10.3 Å². The minimum absolute atomic E-state index is 0.00130. The first-order valence-corrected chi connectivity index (χ1v) is 8.13. The van der Waals surface area contributed by atoms with E-state index < -0.39 is 17.9 Å². The summed E-state index contributed by atoms with van der Waals surface area (Å²) in [7, 11) is 0. The number of hydrogen-bond donors (Lipinski definition) is 2. The highest BCUT2D eigenvalue weighted by Gasteiger charge is 2.41. The van der Waals surface area contributed by atoms with E-state index in [2.05, 4.69) is 31.3 Å². The van der Waals surface area contributed by atoms with Crippen molar-refractivity contribution < 1.29 is 17.6 Å². The molecule has 136 valence electrons. The number of nitrogen functional groups attached to an aromatic ring is 1. The number of halogens is 6. The molecule has 0 unspecified atom stereocenters. The molecule has 26 heavy (non-hydrogen) atoms. The standard InChI is InChI=1S/C15H9BrClF4N5/c16-7-2-1-3-8(4-7)26(15(19,20)21)13-9-5-11(18)10(17)6-12(9)23-14(24-13)25-22/h1-6H,22H2,(H,23,24,25). The average molecular weight is 451 g/mol. The summed E-state index contributed by atoms with van der Waals surface area (Å²) in [6.45, 7) is 0. The maximum atomic E-state index is 13.9. The second-order valence-corrected chi connectivity index (χ2v) is 6.40. The Morgan fingerprint density at radius 1 is 1.15 bits per heavy atom. The number of fused-ring (bicyclic) bond motifs is 1. The molecule has 3 aromatic rings. The van der Waals surface area contributed by atoms with E-state index in [9.17, 15) is 17.6 Å². The Morgan fingerprint density at radius 3 is 2.50 bits per heavy atom. The summed E-state index contributed by atoms with van der Waals surface area (Å²) >= 11 is 8.85. The molecule has 0 aliphatic heterocycles. The number of hydrogen-bond acceptors (Lipinski definition) is 5. The van der Waals surface area contributed by atoms with Gasteiger partial charge in [0.1, 0.15) is 5.82 Å². The van der Waals surface area contributed by atoms with E-state index in [0.29, 0.717) is 4.47 Å². The van der Waals surface area contributed by atoms with Crippen LogP contribution in [0.4, 0.5) is 35.0 Å². The number of anilines is 3. The van der Waals surface area contributed by atoms with Gasteiger partial charge in [0.2, 0.25) is 5.95 Å². The van der Waals surface area contributed by atoms with Crippen molar-refractivity contribution in [2.24, 2.45) is 5.84 Å². The fourth-order valence-corrected chi connectivity index (χ4v) is 2.89. The number of aromatic nitrogens is 2. The molecule has 11 heteroatoms. The predicted molar refractivity (Wildman–Crippen MR) is 94.7 cm³/mol. The lowest BCUT2D eigenvalue weighted by atomic mass is 10.2. The highest BCUT2D eigenvalue weighted by molar-refractivity contribution is 9.10. The van der Waals surface area contributed by atoms with Crippen LogP contribution in [-0.2, 0) is 0 Å². The lowest BCUT2D eigenvalue weighted by molar-refractivity contribution is -0.121. The number of nitrogens with zero attached hydrogens (tertiary/aromatic N) is 3. The van der Waals surface area contributed by atoms with E-state index in [1.54, 1.807) is 6.07 Å². The average Bonchev–Trinajstić information content (AvgIpc) is 2.55. The molecule has 5 nitrogen and oxygen atoms in total. The quantitative estimate of drug-likeness (QED) is 0.251. The van der Waals surface area contributed by atoms with Gasteiger partial charge in [0.05, 0.1) is 16.2 Å². The SMILES string of the molecule is NNc1nc(N(c2cccc(Br)c2)C(F)(F)F)c2cc(F)c(Cl)cc2n1. The summed E-state index contributed by atoms with van der Waals surface area (Å²) in [4.78, 5) is 7.74. The Bertz CT molecular complexity index is 982. The van der Waals surface area contributed by atoms with E-state index >= 15 is 0 Å². The first-order valence-electron chi connectivity index (χ1n) is 6.96. The van der Waals surface area contributed by atoms with Crippen LogP contribution in [0.5, 0.6) is 0 Å². The zero-order chi connectivity index (χ0) is 19.1. The van der Waals surface area contributed by atoms with Crippen molar-refractivity contribution in [3.63, 3.8) is 0 Å². The number of nitrogens with two attached hydrogens (primary N) is 1. The molecule has 3 N–H and O–H groups in total. The monoisotopic (exact) mass is 449 g/mol. The number of hydrazine groups is 1. The van der Waals surface area contributed by atoms with Crippen LogP contribution in [0.3, 0.4) is 0 Å². The van der Waals surface area contributed by atoms with E-state index in [0.717, 1.165) is 12.1 Å². The topological polar surface area (TPSA) is 67.1 Å². The normalized spacial score (nSPS) is 11.7. The third-order valence-corrected chi connectivity index (χ3v) is 4.16. The van der Waals surface area contributed by atoms with Crippen LogP contribution in [0, 0.1) is 5.82 Å². The van der Waals surface area contributed by atoms with E-state index in [1.165, 1.54) is 18.2 Å². The summed E-state index contributed by atoms with van der Waals surface area (Å²) in [6.07, 6.45) is -4.86. The Balaban J connectivity index is 2.36. The number of rotatable bonds is 3. The van der Waals surface area contributed by atoms with E-state index in [-0.39, 0.29) is 32.5 Å². The van der Waals surface area contributed by atoms with Gasteiger partial charge < -0.3 is 0 Å². The van der Waals surface area contributed by atoms with Gasteiger partial charge in [-0.15, -0.1) is 13.2 Å². The highest BCUT2D eigenvalue weighted by Crippen LogP contribution is 2.40. The van der Waals surface area contributed by atoms with Crippen molar-refractivity contribution in [2.45, 2.75) is 6.30 Å². The van der Waals surface area contributed by atoms with Crippen LogP contribution in [-0.4, -0.2) is 16.3 Å². The van der Waals surface area contributed by atoms with Crippen LogP contribution in [0.1, 0.15) is 0 Å². The number of benzene rings is 2. The van der Waals surface area contributed by atoms with Crippen molar-refractivity contribution in [3.8, 4) is 0 Å². The fraction of sp³-hybridized carbons (Fsp3) is 0.0667. The highest BCUT2D eigenvalue weighted by atomic mass is 79.9. The smallest absolute Gasteiger partial charge is 0.292 e. The van der Waals surface area contributed by atoms with Crippen molar-refractivity contribution in [3.05, 3.63) is 51.7 Å². The van der Waals surface area contributed by atoms with Crippen LogP contribution in [0.15, 0.2) is 40.9 Å². The zero-order valence-corrected chi connectivity index (χ0v) is 15.0. The summed E-state index contributed by atoms with van der Waals surface area (Å²) in [5, 5.41) is -0.464. The van der Waals surface area contributed by atoms with Gasteiger partial charge in [-0.1, -0.05) is 33.6 Å². The molecule has 1 heterocycles. The Morgan fingerprint density at radius 2 is 1.88 bits per heavy atom. The number of alkyl halides is 3. The molecule has 2 aromatic carbocycles. The van der Waals surface area contributed by atoms with Gasteiger partial charge in [-0.3, -0.25) is 5.43 Å². The largest absolute Gasteiger partial charge is 0.490 e. The molecule has 0 bridgehead atoms. The molecule has 0 amide bonds. The van der Waals surface area contributed by atoms with Crippen LogP contribution in [0.25, 0.3) is 10.9 Å². The van der Waals surface area contributed by atoms with Crippen molar-refractivity contribution >= 4 is 55.9 Å². The lowest BCUT2D eigenvalue weighted by Gasteiger charge is -2.27. The minimum Gasteiger partial charge on any atom is -0.292 e. The molecule has 1 aromatic heterocycles. The van der Waals surface area contributed by atoms with Crippen molar-refractivity contribution in [1.82, 2.24) is 9.97 Å². The number of nitrogens with one attached hydrogen (secondary N) is 1. The fourth-order valence-electron chi connectivity index (χ4n) is 2.35. The molecular weight excluding hydrogens is 442 g/mol. The van der Waals surface area contributed by atoms with Crippen molar-refractivity contribution in [1.29, 1.82) is 0 Å². The lowest BCUT2D eigenvalue weighted by Crippen LogP contribution is -2.35. The minimum atomic E-state index is -4.86. The summed E-state index contributed by atoms with van der Waals surface area (Å²) in [5.74, 6) is 3.49. The first-order chi connectivity index (χ1) is 12.2. The summed E-state index contributed by atoms with van der Waals surface area (Å²) < 4.78 is 55.9. The van der Waals surface area contributed by atoms with Crippen LogP contribution < -0.4 is 16.2 Å². The van der Waals surface area contributed by atoms with E-state index in [1.807, 2.05) is 0 Å². The van der Waals surface area contributed by atoms with Gasteiger partial charge in [-0.25, -0.2) is 20.1 Å². The maximum Gasteiger partial charge on any atom is 0.490 e. The second-order valence-electron chi connectivity index (χ2n) is 5.08. The molecule has 0 aliphatic carbocycles. The second kappa shape index (κ2) is 6.86. The third-order valence-electron chi connectivity index (χ3n) is 3.38. The van der Waals surface area contributed by atoms with Gasteiger partial charge in [0.25, 0.3) is 0 Å². The molecule has 3 rings (SSSR count). The predicted octanol–water partition coefficient (Wildman–Crippen LogP) is 5.13. The summed E-state index contributed by atoms with van der Waals surface area (Å²) in [5.41, 5.74) is 1.87. The van der Waals surface area contributed by atoms with Crippen LogP contribution in [0.2, 0.25) is 5.02 Å². The molecule has 0 atom stereocenters. The molecule has 0 spiro atoms. The van der Waals surface area contributed by atoms with Gasteiger partial charge in [0, 0.05) is 9.86 Å². The molecule has 0 fully saturated rings. The van der Waals surface area contributed by atoms with Gasteiger partial charge in [-0.05, 0) is 30.3 Å². The molecule has 0 radical (unpaired) electrons. The zero-order valence-electron chi connectivity index (χ0n) is 12.7. The Labute approximate surface area is 157 Å². The molecule has 0 aliphatic rings. The summed E-state index contributed by atoms with van der Waals surface area (Å²) in [6, 6.07) is 7.46. The van der Waals surface area contributed by atoms with Crippen LogP contribution >= 0.6 is 27.5 Å².